The fraction of sp³-hybridized carbons (Fsp3) is 0.444. The van der Waals surface area contributed by atoms with Crippen LogP contribution in [0.2, 0.25) is 0 Å². The summed E-state index contributed by atoms with van der Waals surface area (Å²) in [5.41, 5.74) is 6.45. The number of rotatable bonds is 5. The first-order chi connectivity index (χ1) is 7.13. The Balaban J connectivity index is 2.53. The largest absolute Gasteiger partial charge is 0.380 e. The Hall–Kier alpha value is -1.69. The number of aromatic nitrogens is 1. The molecule has 15 heavy (non-hydrogen) atoms. The molecule has 3 N–H and O–H groups in total. The number of nitrogens with one attached hydrogen (secondary N) is 1. The van der Waals surface area contributed by atoms with Gasteiger partial charge in [-0.15, -0.1) is 0 Å². The molecule has 1 atom stereocenters. The van der Waals surface area contributed by atoms with Gasteiger partial charge in [0.1, 0.15) is 0 Å². The van der Waals surface area contributed by atoms with E-state index in [2.05, 4.69) is 10.3 Å². The van der Waals surface area contributed by atoms with Crippen molar-refractivity contribution >= 4 is 11.5 Å². The zero-order valence-corrected chi connectivity index (χ0v) is 8.51. The smallest absolute Gasteiger partial charge is 0.363 e. The molecule has 1 aromatic heterocycles. The summed E-state index contributed by atoms with van der Waals surface area (Å²) in [4.78, 5) is 13.5. The van der Waals surface area contributed by atoms with Crippen molar-refractivity contribution in [1.82, 2.24) is 4.98 Å². The third-order valence-corrected chi connectivity index (χ3v) is 2.03. The minimum absolute atomic E-state index is 0.0835. The minimum atomic E-state index is -0.526. The van der Waals surface area contributed by atoms with Crippen LogP contribution in [0.25, 0.3) is 0 Å². The van der Waals surface area contributed by atoms with E-state index in [1.165, 1.54) is 12.3 Å². The van der Waals surface area contributed by atoms with Crippen LogP contribution in [0.5, 0.6) is 0 Å². The lowest BCUT2D eigenvalue weighted by Gasteiger charge is -2.09. The Morgan fingerprint density at radius 1 is 1.67 bits per heavy atom. The van der Waals surface area contributed by atoms with Gasteiger partial charge in [-0.2, -0.15) is 0 Å². The summed E-state index contributed by atoms with van der Waals surface area (Å²) in [6, 6.07) is 3.06. The molecule has 0 fully saturated rings. The third-order valence-electron chi connectivity index (χ3n) is 2.03. The molecule has 0 spiro atoms. The van der Waals surface area contributed by atoms with Crippen molar-refractivity contribution in [2.45, 2.75) is 19.4 Å². The third kappa shape index (κ3) is 3.51. The zero-order chi connectivity index (χ0) is 11.3. The van der Waals surface area contributed by atoms with Crippen LogP contribution in [0, 0.1) is 10.1 Å². The second-order valence-electron chi connectivity index (χ2n) is 3.21. The first-order valence-electron chi connectivity index (χ1n) is 4.73. The predicted molar refractivity (Wildman–Crippen MR) is 57.6 cm³/mol. The van der Waals surface area contributed by atoms with E-state index in [-0.39, 0.29) is 11.9 Å². The lowest BCUT2D eigenvalue weighted by molar-refractivity contribution is -0.389. The van der Waals surface area contributed by atoms with Crippen molar-refractivity contribution in [2.24, 2.45) is 5.73 Å². The topological polar surface area (TPSA) is 94.1 Å². The van der Waals surface area contributed by atoms with Crippen molar-refractivity contribution in [2.75, 3.05) is 11.9 Å². The van der Waals surface area contributed by atoms with Crippen molar-refractivity contribution in [3.05, 3.63) is 28.4 Å². The van der Waals surface area contributed by atoms with Gasteiger partial charge in [-0.05, 0) is 22.4 Å². The van der Waals surface area contributed by atoms with Gasteiger partial charge in [-0.3, -0.25) is 0 Å². The van der Waals surface area contributed by atoms with Crippen molar-refractivity contribution in [3.63, 3.8) is 0 Å². The Bertz CT molecular complexity index is 325. The van der Waals surface area contributed by atoms with E-state index < -0.39 is 4.92 Å². The SMILES string of the molecule is CCC(N)CNc1ccc([N+](=O)[O-])nc1. The van der Waals surface area contributed by atoms with Crippen LogP contribution in [-0.2, 0) is 0 Å². The molecule has 0 aliphatic rings. The van der Waals surface area contributed by atoms with E-state index in [0.29, 0.717) is 6.54 Å². The van der Waals surface area contributed by atoms with E-state index in [9.17, 15) is 10.1 Å². The molecular formula is C9H14N4O2. The van der Waals surface area contributed by atoms with Crippen molar-refractivity contribution < 1.29 is 4.92 Å². The molecular weight excluding hydrogens is 196 g/mol. The molecule has 0 saturated heterocycles. The lowest BCUT2D eigenvalue weighted by Crippen LogP contribution is -2.27. The number of nitrogens with zero attached hydrogens (tertiary/aromatic N) is 2. The maximum atomic E-state index is 10.3. The van der Waals surface area contributed by atoms with Crippen LogP contribution in [-0.4, -0.2) is 22.5 Å². The first-order valence-corrected chi connectivity index (χ1v) is 4.73. The molecule has 0 amide bonds. The molecule has 1 heterocycles. The van der Waals surface area contributed by atoms with Gasteiger partial charge in [-0.1, -0.05) is 6.92 Å². The minimum Gasteiger partial charge on any atom is -0.380 e. The summed E-state index contributed by atoms with van der Waals surface area (Å²) in [5.74, 6) is -0.152. The quantitative estimate of drug-likeness (QED) is 0.561. The van der Waals surface area contributed by atoms with Gasteiger partial charge in [0.2, 0.25) is 0 Å². The Morgan fingerprint density at radius 3 is 2.87 bits per heavy atom. The van der Waals surface area contributed by atoms with Crippen LogP contribution in [0.4, 0.5) is 11.5 Å². The highest BCUT2D eigenvalue weighted by Crippen LogP contribution is 2.11. The number of pyridine rings is 1. The summed E-state index contributed by atoms with van der Waals surface area (Å²) in [6.45, 7) is 2.64. The summed E-state index contributed by atoms with van der Waals surface area (Å²) in [5, 5.41) is 13.4. The molecule has 1 unspecified atom stereocenters. The highest BCUT2D eigenvalue weighted by atomic mass is 16.6. The monoisotopic (exact) mass is 210 g/mol. The Labute approximate surface area is 87.7 Å². The molecule has 0 aliphatic heterocycles. The second kappa shape index (κ2) is 5.26. The van der Waals surface area contributed by atoms with Gasteiger partial charge in [0.05, 0.1) is 5.69 Å². The lowest BCUT2D eigenvalue weighted by atomic mass is 10.2. The zero-order valence-electron chi connectivity index (χ0n) is 8.51. The molecule has 1 rings (SSSR count). The Morgan fingerprint density at radius 2 is 2.40 bits per heavy atom. The first kappa shape index (κ1) is 11.4. The van der Waals surface area contributed by atoms with Gasteiger partial charge < -0.3 is 21.2 Å². The van der Waals surface area contributed by atoms with Gasteiger partial charge in [-0.25, -0.2) is 0 Å². The summed E-state index contributed by atoms with van der Waals surface area (Å²) in [6.07, 6.45) is 2.31. The Kier molecular flexibility index (Phi) is 3.99. The average molecular weight is 210 g/mol. The molecule has 0 aliphatic carbocycles. The molecule has 6 heteroatoms. The summed E-state index contributed by atoms with van der Waals surface area (Å²) < 4.78 is 0. The number of nitro groups is 1. The highest BCUT2D eigenvalue weighted by Gasteiger charge is 2.06. The highest BCUT2D eigenvalue weighted by molar-refractivity contribution is 5.43. The maximum Gasteiger partial charge on any atom is 0.363 e. The van der Waals surface area contributed by atoms with E-state index in [1.54, 1.807) is 6.07 Å². The molecule has 6 nitrogen and oxygen atoms in total. The van der Waals surface area contributed by atoms with Gasteiger partial charge in [0, 0.05) is 18.7 Å². The van der Waals surface area contributed by atoms with Crippen molar-refractivity contribution in [3.8, 4) is 0 Å². The summed E-state index contributed by atoms with van der Waals surface area (Å²) in [7, 11) is 0. The van der Waals surface area contributed by atoms with E-state index in [1.807, 2.05) is 6.92 Å². The van der Waals surface area contributed by atoms with Crippen molar-refractivity contribution in [1.29, 1.82) is 0 Å². The van der Waals surface area contributed by atoms with E-state index >= 15 is 0 Å². The molecule has 0 radical (unpaired) electrons. The van der Waals surface area contributed by atoms with Crippen LogP contribution in [0.15, 0.2) is 18.3 Å². The molecule has 0 bridgehead atoms. The number of nitrogens with two attached hydrogens (primary N) is 1. The fourth-order valence-electron chi connectivity index (χ4n) is 0.992. The number of hydrogen-bond acceptors (Lipinski definition) is 5. The molecule has 0 aromatic carbocycles. The second-order valence-corrected chi connectivity index (χ2v) is 3.21. The van der Waals surface area contributed by atoms with Gasteiger partial charge >= 0.3 is 5.82 Å². The van der Waals surface area contributed by atoms with Crippen LogP contribution < -0.4 is 11.1 Å². The molecule has 0 saturated carbocycles. The standard InChI is InChI=1S/C9H14N4O2/c1-2-7(10)5-11-8-3-4-9(12-6-8)13(14)15/h3-4,6-7,11H,2,5,10H2,1H3. The number of anilines is 1. The van der Waals surface area contributed by atoms with Crippen LogP contribution in [0.3, 0.4) is 0 Å². The van der Waals surface area contributed by atoms with Crippen LogP contribution >= 0.6 is 0 Å². The van der Waals surface area contributed by atoms with Gasteiger partial charge in [0.15, 0.2) is 6.20 Å². The van der Waals surface area contributed by atoms with Crippen LogP contribution in [0.1, 0.15) is 13.3 Å². The number of hydrogen-bond donors (Lipinski definition) is 2. The van der Waals surface area contributed by atoms with E-state index in [4.69, 9.17) is 5.73 Å². The fourth-order valence-corrected chi connectivity index (χ4v) is 0.992. The average Bonchev–Trinajstić information content (AvgIpc) is 2.26. The molecule has 1 aromatic rings. The van der Waals surface area contributed by atoms with Gasteiger partial charge in [0.25, 0.3) is 0 Å². The normalized spacial score (nSPS) is 12.1. The predicted octanol–water partition coefficient (Wildman–Crippen LogP) is 1.14. The molecule has 82 valence electrons. The summed E-state index contributed by atoms with van der Waals surface area (Å²) >= 11 is 0. The van der Waals surface area contributed by atoms with E-state index in [0.717, 1.165) is 12.1 Å². The maximum absolute atomic E-state index is 10.3.